The highest BCUT2D eigenvalue weighted by Gasteiger charge is 2.36. The third-order valence-electron chi connectivity index (χ3n) is 3.59. The lowest BCUT2D eigenvalue weighted by Gasteiger charge is -2.16. The van der Waals surface area contributed by atoms with Gasteiger partial charge in [0.05, 0.1) is 23.6 Å². The monoisotopic (exact) mass is 382 g/mol. The fourth-order valence-electron chi connectivity index (χ4n) is 2.44. The molecule has 0 aliphatic carbocycles. The van der Waals surface area contributed by atoms with E-state index in [1.165, 1.54) is 0 Å². The number of aryl methyl sites for hydroxylation is 1. The Hall–Kier alpha value is -2.30. The molecule has 1 aliphatic rings. The second-order valence-corrected chi connectivity index (χ2v) is 6.98. The summed E-state index contributed by atoms with van der Waals surface area (Å²) in [5.41, 5.74) is -2.22. The van der Waals surface area contributed by atoms with Crippen LogP contribution < -0.4 is 9.46 Å². The molecule has 0 bridgehead atoms. The molecule has 0 unspecified atom stereocenters. The average molecular weight is 382 g/mol. The molecular formula is C14H11F5N2O3S. The predicted molar refractivity (Wildman–Crippen MR) is 76.8 cm³/mol. The standard InChI is InChI=1S/C14H11F5N2O3S/c15-8-5-11(9(16)4-7(8)14(17,18)19)21-25(22,23)12-6-20-10-2-1-3-24-13(10)12/h4-6,20-21H,1-3H2. The van der Waals surface area contributed by atoms with E-state index in [0.717, 1.165) is 6.20 Å². The summed E-state index contributed by atoms with van der Waals surface area (Å²) in [6.07, 6.45) is -2.75. The van der Waals surface area contributed by atoms with E-state index in [2.05, 4.69) is 4.98 Å². The zero-order valence-corrected chi connectivity index (χ0v) is 13.2. The summed E-state index contributed by atoms with van der Waals surface area (Å²) >= 11 is 0. The van der Waals surface area contributed by atoms with Crippen LogP contribution >= 0.6 is 0 Å². The summed E-state index contributed by atoms with van der Waals surface area (Å²) in [4.78, 5) is 2.38. The van der Waals surface area contributed by atoms with Crippen LogP contribution in [0.2, 0.25) is 0 Å². The van der Waals surface area contributed by atoms with Gasteiger partial charge >= 0.3 is 6.18 Å². The Morgan fingerprint density at radius 2 is 1.88 bits per heavy atom. The van der Waals surface area contributed by atoms with Gasteiger partial charge in [0.25, 0.3) is 10.0 Å². The third-order valence-corrected chi connectivity index (χ3v) is 4.96. The lowest BCUT2D eigenvalue weighted by atomic mass is 10.2. The van der Waals surface area contributed by atoms with Gasteiger partial charge in [-0.2, -0.15) is 13.2 Å². The number of alkyl halides is 3. The van der Waals surface area contributed by atoms with Gasteiger partial charge < -0.3 is 9.72 Å². The Kier molecular flexibility index (Phi) is 4.13. The second kappa shape index (κ2) is 5.90. The maximum atomic E-state index is 13.8. The van der Waals surface area contributed by atoms with Crippen LogP contribution in [-0.4, -0.2) is 20.0 Å². The molecule has 136 valence electrons. The Morgan fingerprint density at radius 3 is 2.56 bits per heavy atom. The van der Waals surface area contributed by atoms with E-state index in [0.29, 0.717) is 18.5 Å². The van der Waals surface area contributed by atoms with Gasteiger partial charge in [0.15, 0.2) is 5.75 Å². The molecule has 2 heterocycles. The van der Waals surface area contributed by atoms with E-state index in [1.54, 1.807) is 4.72 Å². The summed E-state index contributed by atoms with van der Waals surface area (Å²) in [5, 5.41) is 0. The van der Waals surface area contributed by atoms with E-state index in [9.17, 15) is 30.4 Å². The SMILES string of the molecule is O=S(=O)(Nc1cc(F)c(C(F)(F)F)cc1F)c1c[nH]c2c1OCCC2. The van der Waals surface area contributed by atoms with Crippen LogP contribution in [0.4, 0.5) is 27.6 Å². The van der Waals surface area contributed by atoms with Crippen LogP contribution in [0.5, 0.6) is 5.75 Å². The van der Waals surface area contributed by atoms with Crippen molar-refractivity contribution in [2.75, 3.05) is 11.3 Å². The molecule has 2 N–H and O–H groups in total. The number of nitrogens with one attached hydrogen (secondary N) is 2. The number of anilines is 1. The largest absolute Gasteiger partial charge is 0.490 e. The number of fused-ring (bicyclic) bond motifs is 1. The quantitative estimate of drug-likeness (QED) is 0.799. The molecule has 0 saturated heterocycles. The van der Waals surface area contributed by atoms with E-state index in [-0.39, 0.29) is 29.4 Å². The molecule has 1 aliphatic heterocycles. The summed E-state index contributed by atoms with van der Waals surface area (Å²) in [6, 6.07) is 0.0476. The molecule has 5 nitrogen and oxygen atoms in total. The highest BCUT2D eigenvalue weighted by molar-refractivity contribution is 7.92. The zero-order chi connectivity index (χ0) is 18.4. The highest BCUT2D eigenvalue weighted by atomic mass is 32.2. The van der Waals surface area contributed by atoms with Crippen molar-refractivity contribution in [3.63, 3.8) is 0 Å². The third kappa shape index (κ3) is 3.28. The van der Waals surface area contributed by atoms with Gasteiger partial charge in [-0.1, -0.05) is 0 Å². The van der Waals surface area contributed by atoms with Gasteiger partial charge in [-0.25, -0.2) is 17.2 Å². The number of ether oxygens (including phenoxy) is 1. The minimum atomic E-state index is -5.10. The molecule has 25 heavy (non-hydrogen) atoms. The van der Waals surface area contributed by atoms with Gasteiger partial charge in [-0.05, 0) is 18.9 Å². The number of hydrogen-bond donors (Lipinski definition) is 2. The first kappa shape index (κ1) is 17.5. The first-order chi connectivity index (χ1) is 11.6. The van der Waals surface area contributed by atoms with Crippen LogP contribution in [0.15, 0.2) is 23.2 Å². The average Bonchev–Trinajstić information content (AvgIpc) is 2.94. The predicted octanol–water partition coefficient (Wildman–Crippen LogP) is 3.44. The number of H-pyrrole nitrogens is 1. The van der Waals surface area contributed by atoms with Crippen molar-refractivity contribution in [3.05, 3.63) is 41.2 Å². The minimum absolute atomic E-state index is 0.0616. The number of aromatic nitrogens is 1. The molecular weight excluding hydrogens is 371 g/mol. The summed E-state index contributed by atoms with van der Waals surface area (Å²) in [7, 11) is -4.39. The lowest BCUT2D eigenvalue weighted by molar-refractivity contribution is -0.140. The van der Waals surface area contributed by atoms with Crippen LogP contribution in [0.3, 0.4) is 0 Å². The Morgan fingerprint density at radius 1 is 1.16 bits per heavy atom. The number of rotatable bonds is 3. The van der Waals surface area contributed by atoms with Crippen LogP contribution in [0.1, 0.15) is 17.7 Å². The van der Waals surface area contributed by atoms with Crippen molar-refractivity contribution >= 4 is 15.7 Å². The molecule has 0 amide bonds. The van der Waals surface area contributed by atoms with Crippen LogP contribution in [0.25, 0.3) is 0 Å². The summed E-state index contributed by atoms with van der Waals surface area (Å²) in [6.45, 7) is 0.288. The number of hydrogen-bond acceptors (Lipinski definition) is 3. The number of sulfonamides is 1. The van der Waals surface area contributed by atoms with Crippen molar-refractivity contribution in [2.24, 2.45) is 0 Å². The van der Waals surface area contributed by atoms with Crippen molar-refractivity contribution in [1.82, 2.24) is 4.98 Å². The Balaban J connectivity index is 1.97. The molecule has 3 rings (SSSR count). The van der Waals surface area contributed by atoms with Crippen LogP contribution in [0, 0.1) is 11.6 Å². The fraction of sp³-hybridized carbons (Fsp3) is 0.286. The van der Waals surface area contributed by atoms with Gasteiger partial charge in [0.2, 0.25) is 0 Å². The molecule has 2 aromatic rings. The number of aromatic amines is 1. The van der Waals surface area contributed by atoms with Crippen molar-refractivity contribution in [2.45, 2.75) is 23.9 Å². The van der Waals surface area contributed by atoms with Crippen LogP contribution in [-0.2, 0) is 22.6 Å². The van der Waals surface area contributed by atoms with Gasteiger partial charge in [0, 0.05) is 12.3 Å². The summed E-state index contributed by atoms with van der Waals surface area (Å²) in [5.74, 6) is -3.28. The molecule has 11 heteroatoms. The Bertz CT molecular complexity index is 921. The van der Waals surface area contributed by atoms with Crippen molar-refractivity contribution < 1.29 is 35.1 Å². The van der Waals surface area contributed by atoms with E-state index in [1.807, 2.05) is 0 Å². The lowest BCUT2D eigenvalue weighted by Crippen LogP contribution is -2.17. The van der Waals surface area contributed by atoms with Gasteiger partial charge in [-0.15, -0.1) is 0 Å². The first-order valence-electron chi connectivity index (χ1n) is 7.01. The molecule has 0 fully saturated rings. The minimum Gasteiger partial charge on any atom is -0.490 e. The molecule has 0 radical (unpaired) electrons. The van der Waals surface area contributed by atoms with Gasteiger partial charge in [-0.3, -0.25) is 4.72 Å². The smallest absolute Gasteiger partial charge is 0.419 e. The fourth-order valence-corrected chi connectivity index (χ4v) is 3.64. The maximum Gasteiger partial charge on any atom is 0.419 e. The number of halogens is 5. The van der Waals surface area contributed by atoms with Crippen molar-refractivity contribution in [1.29, 1.82) is 0 Å². The molecule has 1 aromatic carbocycles. The first-order valence-corrected chi connectivity index (χ1v) is 8.50. The molecule has 0 atom stereocenters. The maximum absolute atomic E-state index is 13.8. The van der Waals surface area contributed by atoms with Gasteiger partial charge in [0.1, 0.15) is 16.5 Å². The topological polar surface area (TPSA) is 71.2 Å². The molecule has 0 spiro atoms. The highest BCUT2D eigenvalue weighted by Crippen LogP contribution is 2.36. The zero-order valence-electron chi connectivity index (χ0n) is 12.4. The molecule has 0 saturated carbocycles. The normalized spacial score (nSPS) is 14.8. The summed E-state index contributed by atoms with van der Waals surface area (Å²) < 4.78 is 96.8. The van der Waals surface area contributed by atoms with Crippen molar-refractivity contribution in [3.8, 4) is 5.75 Å². The van der Waals surface area contributed by atoms with E-state index >= 15 is 0 Å². The number of benzene rings is 1. The molecule has 1 aromatic heterocycles. The Labute approximate surface area is 138 Å². The second-order valence-electron chi connectivity index (χ2n) is 5.33. The van der Waals surface area contributed by atoms with E-state index < -0.39 is 39.1 Å². The van der Waals surface area contributed by atoms with E-state index in [4.69, 9.17) is 4.74 Å².